The molecule has 3 heterocycles. The minimum atomic E-state index is -0.728. The zero-order valence-electron chi connectivity index (χ0n) is 27.1. The third kappa shape index (κ3) is 7.64. The molecule has 1 saturated carbocycles. The van der Waals surface area contributed by atoms with Crippen molar-refractivity contribution in [2.75, 3.05) is 31.6 Å². The normalized spacial score (nSPS) is 24.1. The smallest absolute Gasteiger partial charge is 0.306 e. The number of rotatable bonds is 9. The highest BCUT2D eigenvalue weighted by Gasteiger charge is 2.39. The molecule has 0 bridgehead atoms. The van der Waals surface area contributed by atoms with Gasteiger partial charge in [0.1, 0.15) is 0 Å². The molecule has 2 atom stereocenters. The standard InChI is InChI=1S/C36H44Cl2N4O5/c1-22-11-13-41(14-12-22)25-17-26(21-47-27-9-7-23(8-10-27)36(45)46)42(19-25)34(43)16-24-15-31(38)32(18-30(24)37)39-35(44)29-20-40(2)33-6-4-3-5-28(29)33/h3-6,15,18,20,22-23,25-27H,7-14,16-17,19,21H2,1-2H3,(H,39,44)(H,45,46)/t23-,25-,26-,27-/m0/s1. The summed E-state index contributed by atoms with van der Waals surface area (Å²) < 4.78 is 8.25. The monoisotopic (exact) mass is 682 g/mol. The number of ether oxygens (including phenoxy) is 1. The number of nitrogens with one attached hydrogen (secondary N) is 1. The molecule has 0 radical (unpaired) electrons. The second-order valence-corrected chi connectivity index (χ2v) is 14.5. The molecule has 2 N–H and O–H groups in total. The third-order valence-corrected chi connectivity index (χ3v) is 11.1. The van der Waals surface area contributed by atoms with Gasteiger partial charge in [0.25, 0.3) is 5.91 Å². The molecule has 252 valence electrons. The third-order valence-electron chi connectivity index (χ3n) is 10.5. The van der Waals surface area contributed by atoms with E-state index in [-0.39, 0.29) is 42.3 Å². The number of nitrogens with zero attached hydrogens (tertiary/aromatic N) is 3. The number of aliphatic carboxylic acids is 1. The first-order valence-corrected chi connectivity index (χ1v) is 17.5. The van der Waals surface area contributed by atoms with Crippen molar-refractivity contribution in [1.29, 1.82) is 0 Å². The van der Waals surface area contributed by atoms with Gasteiger partial charge in [0.2, 0.25) is 5.91 Å². The number of likely N-dealkylation sites (tertiary alicyclic amines) is 2. The van der Waals surface area contributed by atoms with Gasteiger partial charge < -0.3 is 24.6 Å². The van der Waals surface area contributed by atoms with Crippen molar-refractivity contribution >= 4 is 57.6 Å². The fraction of sp³-hybridized carbons (Fsp3) is 0.528. The van der Waals surface area contributed by atoms with Crippen LogP contribution < -0.4 is 5.32 Å². The summed E-state index contributed by atoms with van der Waals surface area (Å²) in [6.07, 6.45) is 7.76. The number of carboxylic acids is 1. The van der Waals surface area contributed by atoms with Crippen molar-refractivity contribution in [2.45, 2.75) is 76.5 Å². The van der Waals surface area contributed by atoms with Crippen LogP contribution in [0, 0.1) is 11.8 Å². The number of amides is 2. The number of aromatic nitrogens is 1. The van der Waals surface area contributed by atoms with E-state index in [0.29, 0.717) is 52.9 Å². The zero-order chi connectivity index (χ0) is 33.2. The molecule has 0 spiro atoms. The van der Waals surface area contributed by atoms with Gasteiger partial charge in [0.05, 0.1) is 47.4 Å². The Kier molecular flexibility index (Phi) is 10.5. The first kappa shape index (κ1) is 33.8. The van der Waals surface area contributed by atoms with Gasteiger partial charge in [0, 0.05) is 41.8 Å². The van der Waals surface area contributed by atoms with E-state index >= 15 is 0 Å². The summed E-state index contributed by atoms with van der Waals surface area (Å²) in [7, 11) is 1.90. The van der Waals surface area contributed by atoms with Crippen LogP contribution in [-0.2, 0) is 27.8 Å². The average Bonchev–Trinajstić information content (AvgIpc) is 3.64. The molecule has 1 aromatic heterocycles. The average molecular weight is 684 g/mol. The van der Waals surface area contributed by atoms with Crippen molar-refractivity contribution in [3.63, 3.8) is 0 Å². The van der Waals surface area contributed by atoms with Gasteiger partial charge in [-0.2, -0.15) is 0 Å². The molecule has 2 aromatic carbocycles. The number of carboxylic acid groups (broad SMARTS) is 1. The molecule has 47 heavy (non-hydrogen) atoms. The number of carbonyl (C=O) groups excluding carboxylic acids is 2. The summed E-state index contributed by atoms with van der Waals surface area (Å²) in [6.45, 7) is 5.44. The summed E-state index contributed by atoms with van der Waals surface area (Å²) in [5, 5.41) is 13.8. The highest BCUT2D eigenvalue weighted by molar-refractivity contribution is 6.36. The lowest BCUT2D eigenvalue weighted by molar-refractivity contribution is -0.144. The van der Waals surface area contributed by atoms with E-state index in [1.165, 1.54) is 0 Å². The van der Waals surface area contributed by atoms with Crippen LogP contribution in [0.25, 0.3) is 10.9 Å². The van der Waals surface area contributed by atoms with Gasteiger partial charge in [-0.1, -0.05) is 48.3 Å². The van der Waals surface area contributed by atoms with E-state index in [9.17, 15) is 19.5 Å². The lowest BCUT2D eigenvalue weighted by Crippen LogP contribution is -2.43. The Morgan fingerprint density at radius 2 is 1.72 bits per heavy atom. The number of anilines is 1. The summed E-state index contributed by atoms with van der Waals surface area (Å²) in [5.41, 5.74) is 2.47. The molecule has 1 aliphatic carbocycles. The molecule has 3 aromatic rings. The number of carbonyl (C=O) groups is 3. The van der Waals surface area contributed by atoms with Gasteiger partial charge >= 0.3 is 5.97 Å². The number of hydrogen-bond acceptors (Lipinski definition) is 5. The Bertz CT molecular complexity index is 1630. The van der Waals surface area contributed by atoms with Crippen LogP contribution in [0.15, 0.2) is 42.6 Å². The highest BCUT2D eigenvalue weighted by atomic mass is 35.5. The summed E-state index contributed by atoms with van der Waals surface area (Å²) in [6, 6.07) is 11.2. The summed E-state index contributed by atoms with van der Waals surface area (Å²) in [4.78, 5) is 43.0. The molecule has 2 saturated heterocycles. The van der Waals surface area contributed by atoms with Crippen LogP contribution in [0.1, 0.15) is 67.8 Å². The van der Waals surface area contributed by atoms with E-state index in [4.69, 9.17) is 27.9 Å². The SMILES string of the molecule is CC1CCN([C@H]2C[C@@H](CO[C@H]3CC[C@H](C(=O)O)CC3)N(C(=O)Cc3cc(Cl)c(NC(=O)c4cn(C)c5ccccc45)cc3Cl)C2)CC1. The van der Waals surface area contributed by atoms with E-state index in [0.717, 1.165) is 62.0 Å². The number of aryl methyl sites for hydroxylation is 1. The fourth-order valence-electron chi connectivity index (χ4n) is 7.53. The van der Waals surface area contributed by atoms with Crippen LogP contribution in [0.4, 0.5) is 5.69 Å². The predicted molar refractivity (Wildman–Crippen MR) is 184 cm³/mol. The number of para-hydroxylation sites is 1. The number of fused-ring (bicyclic) bond motifs is 1. The maximum absolute atomic E-state index is 13.9. The Labute approximate surface area is 286 Å². The number of piperidine rings is 1. The first-order valence-electron chi connectivity index (χ1n) is 16.8. The zero-order valence-corrected chi connectivity index (χ0v) is 28.6. The molecule has 3 aliphatic rings. The van der Waals surface area contributed by atoms with E-state index in [1.54, 1.807) is 18.3 Å². The predicted octanol–water partition coefficient (Wildman–Crippen LogP) is 6.64. The van der Waals surface area contributed by atoms with Gasteiger partial charge in [0.15, 0.2) is 0 Å². The van der Waals surface area contributed by atoms with Gasteiger partial charge in [-0.15, -0.1) is 0 Å². The topological polar surface area (TPSA) is 104 Å². The maximum Gasteiger partial charge on any atom is 0.306 e. The van der Waals surface area contributed by atoms with Crippen molar-refractivity contribution < 1.29 is 24.2 Å². The second-order valence-electron chi connectivity index (χ2n) is 13.7. The lowest BCUT2D eigenvalue weighted by Gasteiger charge is -2.34. The van der Waals surface area contributed by atoms with Crippen molar-refractivity contribution in [1.82, 2.24) is 14.4 Å². The number of benzene rings is 2. The highest BCUT2D eigenvalue weighted by Crippen LogP contribution is 2.34. The van der Waals surface area contributed by atoms with E-state index in [1.807, 2.05) is 40.8 Å². The summed E-state index contributed by atoms with van der Waals surface area (Å²) >= 11 is 13.4. The van der Waals surface area contributed by atoms with Crippen molar-refractivity contribution in [2.24, 2.45) is 18.9 Å². The first-order chi connectivity index (χ1) is 22.6. The molecule has 11 heteroatoms. The van der Waals surface area contributed by atoms with Crippen molar-refractivity contribution in [3.8, 4) is 0 Å². The number of halogens is 2. The lowest BCUT2D eigenvalue weighted by atomic mass is 9.87. The molecular formula is C36H44Cl2N4O5. The Hall–Kier alpha value is -3.11. The Morgan fingerprint density at radius 1 is 1.00 bits per heavy atom. The molecule has 6 rings (SSSR count). The maximum atomic E-state index is 13.9. The molecule has 9 nitrogen and oxygen atoms in total. The van der Waals surface area contributed by atoms with Crippen LogP contribution in [-0.4, -0.2) is 81.7 Å². The molecule has 2 aliphatic heterocycles. The minimum Gasteiger partial charge on any atom is -0.481 e. The van der Waals surface area contributed by atoms with Gasteiger partial charge in [-0.3, -0.25) is 19.3 Å². The largest absolute Gasteiger partial charge is 0.481 e. The van der Waals surface area contributed by atoms with Gasteiger partial charge in [-0.05, 0) is 87.7 Å². The van der Waals surface area contributed by atoms with Crippen LogP contribution >= 0.6 is 23.2 Å². The molecule has 2 amide bonds. The second kappa shape index (κ2) is 14.6. The molecular weight excluding hydrogens is 639 g/mol. The Morgan fingerprint density at radius 3 is 2.45 bits per heavy atom. The van der Waals surface area contributed by atoms with Crippen LogP contribution in [0.2, 0.25) is 10.0 Å². The van der Waals surface area contributed by atoms with Crippen LogP contribution in [0.5, 0.6) is 0 Å². The Balaban J connectivity index is 1.13. The van der Waals surface area contributed by atoms with Crippen LogP contribution in [0.3, 0.4) is 0 Å². The quantitative estimate of drug-likeness (QED) is 0.262. The molecule has 3 fully saturated rings. The number of hydrogen-bond donors (Lipinski definition) is 2. The van der Waals surface area contributed by atoms with Crippen molar-refractivity contribution in [3.05, 3.63) is 63.8 Å². The van der Waals surface area contributed by atoms with E-state index < -0.39 is 5.97 Å². The summed E-state index contributed by atoms with van der Waals surface area (Å²) in [5.74, 6) is -0.629. The fourth-order valence-corrected chi connectivity index (χ4v) is 8.00. The van der Waals surface area contributed by atoms with Gasteiger partial charge in [-0.25, -0.2) is 0 Å². The molecule has 0 unspecified atom stereocenters. The van der Waals surface area contributed by atoms with E-state index in [2.05, 4.69) is 17.1 Å². The minimum absolute atomic E-state index is 0.0160.